The van der Waals surface area contributed by atoms with Crippen molar-refractivity contribution in [1.82, 2.24) is 9.59 Å². The molecule has 0 aliphatic heterocycles. The van der Waals surface area contributed by atoms with Crippen LogP contribution in [0.2, 0.25) is 0 Å². The normalized spacial score (nSPS) is 12.4. The highest BCUT2D eigenvalue weighted by Crippen LogP contribution is 2.32. The number of halogens is 1. The monoisotopic (exact) mass is 281 g/mol. The minimum absolute atomic E-state index is 0.333. The SMILES string of the molecule is CCCc1nnsc1C(N)c1cc(F)ccc1OC. The topological polar surface area (TPSA) is 61.0 Å². The summed E-state index contributed by atoms with van der Waals surface area (Å²) in [6.07, 6.45) is 1.78. The molecule has 1 aromatic heterocycles. The highest BCUT2D eigenvalue weighted by atomic mass is 32.1. The molecule has 2 aromatic rings. The summed E-state index contributed by atoms with van der Waals surface area (Å²) >= 11 is 1.25. The Labute approximate surface area is 115 Å². The Hall–Kier alpha value is -1.53. The second kappa shape index (κ2) is 6.08. The molecule has 0 spiro atoms. The molecule has 1 aromatic carbocycles. The highest BCUT2D eigenvalue weighted by molar-refractivity contribution is 7.05. The average Bonchev–Trinajstić information content (AvgIpc) is 2.86. The molecule has 0 radical (unpaired) electrons. The summed E-state index contributed by atoms with van der Waals surface area (Å²) in [4.78, 5) is 0.866. The molecule has 0 aliphatic carbocycles. The van der Waals surface area contributed by atoms with E-state index < -0.39 is 6.04 Å². The van der Waals surface area contributed by atoms with Gasteiger partial charge in [-0.05, 0) is 36.2 Å². The number of benzene rings is 1. The van der Waals surface area contributed by atoms with Crippen LogP contribution >= 0.6 is 11.5 Å². The number of ether oxygens (including phenoxy) is 1. The number of nitrogens with zero attached hydrogens (tertiary/aromatic N) is 2. The fourth-order valence-corrected chi connectivity index (χ4v) is 2.67. The lowest BCUT2D eigenvalue weighted by atomic mass is 10.0. The van der Waals surface area contributed by atoms with Gasteiger partial charge < -0.3 is 10.5 Å². The molecule has 0 amide bonds. The van der Waals surface area contributed by atoms with Gasteiger partial charge in [-0.15, -0.1) is 5.10 Å². The van der Waals surface area contributed by atoms with Crippen LogP contribution in [0.1, 0.15) is 35.5 Å². The summed E-state index contributed by atoms with van der Waals surface area (Å²) in [7, 11) is 1.54. The Morgan fingerprint density at radius 1 is 1.47 bits per heavy atom. The third-order valence-electron chi connectivity index (χ3n) is 2.88. The van der Waals surface area contributed by atoms with Crippen LogP contribution in [0, 0.1) is 5.82 Å². The number of aromatic nitrogens is 2. The lowest BCUT2D eigenvalue weighted by Crippen LogP contribution is -2.14. The maximum absolute atomic E-state index is 13.4. The Morgan fingerprint density at radius 2 is 2.26 bits per heavy atom. The minimum Gasteiger partial charge on any atom is -0.496 e. The van der Waals surface area contributed by atoms with Crippen molar-refractivity contribution in [3.8, 4) is 5.75 Å². The Morgan fingerprint density at radius 3 is 2.95 bits per heavy atom. The van der Waals surface area contributed by atoms with Crippen LogP contribution < -0.4 is 10.5 Å². The molecule has 0 saturated heterocycles. The van der Waals surface area contributed by atoms with Crippen LogP contribution in [-0.4, -0.2) is 16.7 Å². The van der Waals surface area contributed by atoms with E-state index in [9.17, 15) is 4.39 Å². The first-order valence-corrected chi connectivity index (χ1v) is 6.84. The average molecular weight is 281 g/mol. The second-order valence-electron chi connectivity index (χ2n) is 4.20. The number of nitrogens with two attached hydrogens (primary N) is 1. The van der Waals surface area contributed by atoms with Crippen LogP contribution in [0.15, 0.2) is 18.2 Å². The number of hydrogen-bond acceptors (Lipinski definition) is 5. The van der Waals surface area contributed by atoms with Crippen LogP contribution in [0.25, 0.3) is 0 Å². The van der Waals surface area contributed by atoms with Crippen molar-refractivity contribution >= 4 is 11.5 Å². The van der Waals surface area contributed by atoms with Crippen LogP contribution in [-0.2, 0) is 6.42 Å². The summed E-state index contributed by atoms with van der Waals surface area (Å²) in [6, 6.07) is 3.87. The molecule has 2 N–H and O–H groups in total. The number of methoxy groups -OCH3 is 1. The first-order valence-electron chi connectivity index (χ1n) is 6.07. The highest BCUT2D eigenvalue weighted by Gasteiger charge is 2.20. The molecule has 1 atom stereocenters. The van der Waals surface area contributed by atoms with Crippen molar-refractivity contribution in [3.63, 3.8) is 0 Å². The van der Waals surface area contributed by atoms with Gasteiger partial charge >= 0.3 is 0 Å². The van der Waals surface area contributed by atoms with Crippen molar-refractivity contribution in [1.29, 1.82) is 0 Å². The molecule has 6 heteroatoms. The predicted octanol–water partition coefficient (Wildman–Crippen LogP) is 2.69. The second-order valence-corrected chi connectivity index (χ2v) is 4.98. The maximum Gasteiger partial charge on any atom is 0.124 e. The Bertz CT molecular complexity index is 559. The van der Waals surface area contributed by atoms with E-state index in [0.717, 1.165) is 23.4 Å². The summed E-state index contributed by atoms with van der Waals surface area (Å²) in [6.45, 7) is 2.07. The van der Waals surface area contributed by atoms with Gasteiger partial charge in [-0.25, -0.2) is 4.39 Å². The molecular formula is C13H16FN3OS. The number of hydrogen-bond donors (Lipinski definition) is 1. The van der Waals surface area contributed by atoms with Gasteiger partial charge in [0, 0.05) is 5.56 Å². The summed E-state index contributed by atoms with van der Waals surface area (Å²) in [5.74, 6) is 0.241. The van der Waals surface area contributed by atoms with Gasteiger partial charge in [0.15, 0.2) is 0 Å². The third kappa shape index (κ3) is 2.90. The molecule has 102 valence electrons. The van der Waals surface area contributed by atoms with E-state index in [4.69, 9.17) is 10.5 Å². The van der Waals surface area contributed by atoms with Gasteiger partial charge in [0.1, 0.15) is 11.6 Å². The molecule has 0 bridgehead atoms. The zero-order valence-electron chi connectivity index (χ0n) is 10.9. The van der Waals surface area contributed by atoms with Gasteiger partial charge in [-0.1, -0.05) is 17.8 Å². The Kier molecular flexibility index (Phi) is 4.44. The fraction of sp³-hybridized carbons (Fsp3) is 0.385. The van der Waals surface area contributed by atoms with E-state index in [1.165, 1.54) is 23.7 Å². The lowest BCUT2D eigenvalue weighted by molar-refractivity contribution is 0.406. The largest absolute Gasteiger partial charge is 0.496 e. The Balaban J connectivity index is 2.40. The fourth-order valence-electron chi connectivity index (χ4n) is 1.95. The molecule has 0 aliphatic rings. The molecule has 1 unspecified atom stereocenters. The molecule has 19 heavy (non-hydrogen) atoms. The quantitative estimate of drug-likeness (QED) is 0.915. The van der Waals surface area contributed by atoms with E-state index in [1.807, 2.05) is 0 Å². The number of aryl methyl sites for hydroxylation is 1. The smallest absolute Gasteiger partial charge is 0.124 e. The molecule has 1 heterocycles. The van der Waals surface area contributed by atoms with Crippen LogP contribution in [0.5, 0.6) is 5.75 Å². The van der Waals surface area contributed by atoms with Crippen molar-refractivity contribution in [2.24, 2.45) is 5.73 Å². The number of rotatable bonds is 5. The molecule has 2 rings (SSSR count). The zero-order valence-corrected chi connectivity index (χ0v) is 11.7. The van der Waals surface area contributed by atoms with E-state index >= 15 is 0 Å². The van der Waals surface area contributed by atoms with Gasteiger partial charge in [0.2, 0.25) is 0 Å². The van der Waals surface area contributed by atoms with Crippen molar-refractivity contribution in [3.05, 3.63) is 40.2 Å². The van der Waals surface area contributed by atoms with E-state index in [1.54, 1.807) is 13.2 Å². The van der Waals surface area contributed by atoms with E-state index in [-0.39, 0.29) is 5.82 Å². The van der Waals surface area contributed by atoms with Crippen molar-refractivity contribution in [2.45, 2.75) is 25.8 Å². The van der Waals surface area contributed by atoms with Crippen LogP contribution in [0.4, 0.5) is 4.39 Å². The first kappa shape index (κ1) is 13.9. The van der Waals surface area contributed by atoms with Crippen molar-refractivity contribution in [2.75, 3.05) is 7.11 Å². The van der Waals surface area contributed by atoms with E-state index in [2.05, 4.69) is 16.5 Å². The zero-order chi connectivity index (χ0) is 13.8. The summed E-state index contributed by atoms with van der Waals surface area (Å²) in [5.41, 5.74) is 7.72. The summed E-state index contributed by atoms with van der Waals surface area (Å²) < 4.78 is 22.6. The lowest BCUT2D eigenvalue weighted by Gasteiger charge is -2.15. The van der Waals surface area contributed by atoms with Gasteiger partial charge in [-0.3, -0.25) is 0 Å². The molecule has 0 saturated carbocycles. The standard InChI is InChI=1S/C13H16FN3OS/c1-3-4-10-13(19-17-16-10)12(15)9-7-8(14)5-6-11(9)18-2/h5-7,12H,3-4,15H2,1-2H3. The predicted molar refractivity (Wildman–Crippen MR) is 72.9 cm³/mol. The molecule has 4 nitrogen and oxygen atoms in total. The van der Waals surface area contributed by atoms with Gasteiger partial charge in [-0.2, -0.15) is 0 Å². The minimum atomic E-state index is -0.466. The van der Waals surface area contributed by atoms with Gasteiger partial charge in [0.05, 0.1) is 23.7 Å². The van der Waals surface area contributed by atoms with Crippen molar-refractivity contribution < 1.29 is 9.13 Å². The summed E-state index contributed by atoms with van der Waals surface area (Å²) in [5, 5.41) is 4.08. The molecule has 0 fully saturated rings. The van der Waals surface area contributed by atoms with E-state index in [0.29, 0.717) is 11.3 Å². The first-order chi connectivity index (χ1) is 9.17. The van der Waals surface area contributed by atoms with Crippen LogP contribution in [0.3, 0.4) is 0 Å². The third-order valence-corrected chi connectivity index (χ3v) is 3.73. The van der Waals surface area contributed by atoms with Gasteiger partial charge in [0.25, 0.3) is 0 Å². The maximum atomic E-state index is 13.4. The molecular weight excluding hydrogens is 265 g/mol.